The lowest BCUT2D eigenvalue weighted by atomic mass is 9.92. The van der Waals surface area contributed by atoms with E-state index in [0.29, 0.717) is 0 Å². The number of hydrogen-bond acceptors (Lipinski definition) is 1. The molecule has 0 saturated heterocycles. The minimum Gasteiger partial charge on any atom is -0.367 e. The molecule has 0 bridgehead atoms. The number of fused-ring (bicyclic) bond motifs is 1. The van der Waals surface area contributed by atoms with E-state index in [9.17, 15) is 4.79 Å². The number of H-pyrrole nitrogens is 1. The molecule has 0 aliphatic carbocycles. The van der Waals surface area contributed by atoms with Crippen molar-refractivity contribution in [1.29, 1.82) is 0 Å². The van der Waals surface area contributed by atoms with Crippen LogP contribution in [0.4, 0.5) is 0 Å². The number of nitrogens with one attached hydrogen (secondary N) is 1. The molecule has 3 N–H and O–H groups in total. The quantitative estimate of drug-likeness (QED) is 0.774. The van der Waals surface area contributed by atoms with Crippen LogP contribution in [0.2, 0.25) is 0 Å². The fourth-order valence-corrected chi connectivity index (χ4v) is 1.48. The Labute approximate surface area is 123 Å². The van der Waals surface area contributed by atoms with E-state index in [1.165, 1.54) is 16.6 Å². The third-order valence-corrected chi connectivity index (χ3v) is 2.98. The van der Waals surface area contributed by atoms with Gasteiger partial charge in [-0.1, -0.05) is 62.2 Å². The summed E-state index contributed by atoms with van der Waals surface area (Å²) in [5, 5.41) is 1.30. The van der Waals surface area contributed by atoms with Crippen LogP contribution in [0.1, 0.15) is 26.5 Å². The van der Waals surface area contributed by atoms with E-state index in [1.54, 1.807) is 0 Å². The number of alkyl halides is 2. The summed E-state index contributed by atoms with van der Waals surface area (Å²) < 4.78 is 0. The van der Waals surface area contributed by atoms with Gasteiger partial charge in [0.1, 0.15) is 0 Å². The van der Waals surface area contributed by atoms with E-state index in [4.69, 9.17) is 23.2 Å². The van der Waals surface area contributed by atoms with Crippen molar-refractivity contribution in [2.45, 2.75) is 31.0 Å². The first-order chi connectivity index (χ1) is 8.71. The summed E-state index contributed by atoms with van der Waals surface area (Å²) in [7, 11) is 0. The van der Waals surface area contributed by atoms with Gasteiger partial charge in [-0.05, 0) is 17.5 Å². The summed E-state index contributed by atoms with van der Waals surface area (Å²) in [6.07, 6.45) is 0. The topological polar surface area (TPSA) is 58.9 Å². The zero-order valence-corrected chi connectivity index (χ0v) is 12.7. The summed E-state index contributed by atoms with van der Waals surface area (Å²) in [6.45, 7) is 6.66. The second-order valence-corrected chi connectivity index (χ2v) is 6.32. The van der Waals surface area contributed by atoms with Crippen LogP contribution in [0.25, 0.3) is 10.9 Å². The summed E-state index contributed by atoms with van der Waals surface area (Å²) in [5.74, 6) is -0.710. The van der Waals surface area contributed by atoms with Crippen molar-refractivity contribution in [3.63, 3.8) is 0 Å². The molecule has 0 unspecified atom stereocenters. The molecular weight excluding hydrogens is 283 g/mol. The molecule has 0 atom stereocenters. The smallest absolute Gasteiger partial charge is 0.250 e. The van der Waals surface area contributed by atoms with E-state index >= 15 is 0 Å². The highest BCUT2D eigenvalue weighted by Crippen LogP contribution is 2.25. The molecule has 0 radical (unpaired) electrons. The van der Waals surface area contributed by atoms with E-state index in [-0.39, 0.29) is 5.41 Å². The maximum atomic E-state index is 9.66. The number of hydrogen-bond donors (Lipinski definition) is 2. The van der Waals surface area contributed by atoms with Crippen LogP contribution in [0.3, 0.4) is 0 Å². The van der Waals surface area contributed by atoms with Crippen LogP contribution in [-0.2, 0) is 10.2 Å². The second kappa shape index (κ2) is 6.31. The van der Waals surface area contributed by atoms with E-state index in [0.717, 1.165) is 0 Å². The molecule has 1 heterocycles. The predicted molar refractivity (Wildman–Crippen MR) is 81.7 cm³/mol. The zero-order valence-electron chi connectivity index (χ0n) is 11.2. The number of halogens is 2. The minimum atomic E-state index is -1.06. The second-order valence-electron chi connectivity index (χ2n) is 5.22. The van der Waals surface area contributed by atoms with Gasteiger partial charge >= 0.3 is 0 Å². The predicted octanol–water partition coefficient (Wildman–Crippen LogP) is 3.74. The largest absolute Gasteiger partial charge is 0.367 e. The summed E-state index contributed by atoms with van der Waals surface area (Å²) >= 11 is 9.81. The molecular formula is C14H18Cl2N2O. The molecule has 1 aromatic heterocycles. The number of carbonyl (C=O) groups is 1. The molecule has 2 rings (SSSR count). The van der Waals surface area contributed by atoms with Crippen molar-refractivity contribution in [2.24, 2.45) is 5.73 Å². The highest BCUT2D eigenvalue weighted by Gasteiger charge is 2.15. The highest BCUT2D eigenvalue weighted by atomic mass is 35.5. The van der Waals surface area contributed by atoms with Gasteiger partial charge in [-0.15, -0.1) is 0 Å². The van der Waals surface area contributed by atoms with Crippen molar-refractivity contribution in [2.75, 3.05) is 0 Å². The number of aromatic amines is 1. The summed E-state index contributed by atoms with van der Waals surface area (Å²) in [6, 6.07) is 10.6. The molecule has 3 nitrogen and oxygen atoms in total. The average Bonchev–Trinajstić information content (AvgIpc) is 2.72. The summed E-state index contributed by atoms with van der Waals surface area (Å²) in [4.78, 5) is 12.0. The Morgan fingerprint density at radius 1 is 1.26 bits per heavy atom. The first-order valence-corrected chi connectivity index (χ1v) is 6.75. The number of carbonyl (C=O) groups excluding carboxylic acids is 1. The van der Waals surface area contributed by atoms with Gasteiger partial charge in [-0.3, -0.25) is 4.79 Å². The standard InChI is InChI=1S/C12H15N.C2H3Cl2NO/c1-12(2,3)11-8-9-6-4-5-7-10(9)13-11;3-1(4)2(5)6/h4-8,13H,1-3H3;1H,(H2,5,6). The fourth-order valence-electron chi connectivity index (χ4n) is 1.48. The number of benzene rings is 1. The maximum Gasteiger partial charge on any atom is 0.250 e. The van der Waals surface area contributed by atoms with Gasteiger partial charge < -0.3 is 10.7 Å². The molecule has 0 fully saturated rings. The van der Waals surface area contributed by atoms with Gasteiger partial charge in [0, 0.05) is 16.6 Å². The van der Waals surface area contributed by atoms with Crippen LogP contribution in [0, 0.1) is 0 Å². The van der Waals surface area contributed by atoms with E-state index in [2.05, 4.69) is 61.8 Å². The normalized spacial score (nSPS) is 11.3. The number of rotatable bonds is 1. The van der Waals surface area contributed by atoms with Gasteiger partial charge in [0.15, 0.2) is 4.84 Å². The van der Waals surface area contributed by atoms with E-state index < -0.39 is 10.7 Å². The van der Waals surface area contributed by atoms with Gasteiger partial charge in [-0.25, -0.2) is 0 Å². The maximum absolute atomic E-state index is 9.66. The van der Waals surface area contributed by atoms with Crippen LogP contribution in [0.15, 0.2) is 30.3 Å². The van der Waals surface area contributed by atoms with Gasteiger partial charge in [-0.2, -0.15) is 0 Å². The number of primary amides is 1. The van der Waals surface area contributed by atoms with Crippen LogP contribution >= 0.6 is 23.2 Å². The van der Waals surface area contributed by atoms with Crippen LogP contribution in [-0.4, -0.2) is 15.7 Å². The minimum absolute atomic E-state index is 0.207. The monoisotopic (exact) mass is 300 g/mol. The zero-order chi connectivity index (χ0) is 14.6. The van der Waals surface area contributed by atoms with E-state index in [1.807, 2.05) is 0 Å². The van der Waals surface area contributed by atoms with Crippen molar-refractivity contribution in [1.82, 2.24) is 4.98 Å². The Morgan fingerprint density at radius 2 is 1.79 bits per heavy atom. The lowest BCUT2D eigenvalue weighted by Gasteiger charge is -2.15. The third-order valence-electron chi connectivity index (χ3n) is 2.55. The van der Waals surface area contributed by atoms with Gasteiger partial charge in [0.05, 0.1) is 0 Å². The molecule has 19 heavy (non-hydrogen) atoms. The third kappa shape index (κ3) is 4.77. The lowest BCUT2D eigenvalue weighted by molar-refractivity contribution is -0.116. The molecule has 0 saturated carbocycles. The Morgan fingerprint density at radius 3 is 2.21 bits per heavy atom. The Kier molecular flexibility index (Phi) is 5.27. The Balaban J connectivity index is 0.000000258. The highest BCUT2D eigenvalue weighted by molar-refractivity contribution is 6.53. The molecule has 5 heteroatoms. The SMILES string of the molecule is CC(C)(C)c1cc2ccccc2[nH]1.NC(=O)C(Cl)Cl. The number of para-hydroxylation sites is 1. The number of nitrogens with two attached hydrogens (primary N) is 1. The Bertz CT molecular complexity index is 523. The molecule has 0 aliphatic heterocycles. The number of amides is 1. The fraction of sp³-hybridized carbons (Fsp3) is 0.357. The van der Waals surface area contributed by atoms with Crippen LogP contribution < -0.4 is 5.73 Å². The summed E-state index contributed by atoms with van der Waals surface area (Å²) in [5.41, 5.74) is 7.27. The van der Waals surface area contributed by atoms with Gasteiger partial charge in [0.25, 0.3) is 5.91 Å². The van der Waals surface area contributed by atoms with Crippen molar-refractivity contribution >= 4 is 40.0 Å². The lowest BCUT2D eigenvalue weighted by Crippen LogP contribution is -2.17. The first-order valence-electron chi connectivity index (χ1n) is 5.87. The molecule has 104 valence electrons. The molecule has 0 aliphatic rings. The molecule has 0 spiro atoms. The van der Waals surface area contributed by atoms with Gasteiger partial charge in [0.2, 0.25) is 0 Å². The molecule has 1 amide bonds. The molecule has 2 aromatic rings. The molecule has 1 aromatic carbocycles. The number of aromatic nitrogens is 1. The van der Waals surface area contributed by atoms with Crippen molar-refractivity contribution in [3.8, 4) is 0 Å². The van der Waals surface area contributed by atoms with Crippen molar-refractivity contribution in [3.05, 3.63) is 36.0 Å². The average molecular weight is 301 g/mol. The van der Waals surface area contributed by atoms with Crippen LogP contribution in [0.5, 0.6) is 0 Å². The Hall–Kier alpha value is -1.19. The van der Waals surface area contributed by atoms with Crippen molar-refractivity contribution < 1.29 is 4.79 Å². The first kappa shape index (κ1) is 15.9.